The van der Waals surface area contributed by atoms with Crippen molar-refractivity contribution < 1.29 is 4.79 Å². The summed E-state index contributed by atoms with van der Waals surface area (Å²) in [6, 6.07) is 3.82. The standard InChI is InChI=1S/C18H30N4O.2ClH/c1-4-12-22(5-2)16-7-6-15(13-20-16)17(23)21-14-18(3)8-10-19-11-9-18;;/h6-7,13,19H,4-5,8-12,14H2,1-3H3,(H,21,23);2*1H. The van der Waals surface area contributed by atoms with Crippen LogP contribution in [0.2, 0.25) is 0 Å². The lowest BCUT2D eigenvalue weighted by Crippen LogP contribution is -2.42. The van der Waals surface area contributed by atoms with Crippen LogP contribution in [0, 0.1) is 5.41 Å². The van der Waals surface area contributed by atoms with E-state index >= 15 is 0 Å². The molecule has 25 heavy (non-hydrogen) atoms. The number of halogens is 2. The number of hydrogen-bond donors (Lipinski definition) is 2. The summed E-state index contributed by atoms with van der Waals surface area (Å²) in [5, 5.41) is 6.44. The molecule has 0 atom stereocenters. The summed E-state index contributed by atoms with van der Waals surface area (Å²) in [6.07, 6.45) is 4.98. The maximum absolute atomic E-state index is 12.3. The van der Waals surface area contributed by atoms with Gasteiger partial charge in [0.2, 0.25) is 0 Å². The van der Waals surface area contributed by atoms with Crippen LogP contribution in [0.4, 0.5) is 5.82 Å². The highest BCUT2D eigenvalue weighted by atomic mass is 35.5. The number of rotatable bonds is 7. The zero-order valence-electron chi connectivity index (χ0n) is 15.5. The maximum Gasteiger partial charge on any atom is 0.252 e. The molecule has 1 amide bonds. The van der Waals surface area contributed by atoms with E-state index in [1.165, 1.54) is 0 Å². The number of carbonyl (C=O) groups is 1. The smallest absolute Gasteiger partial charge is 0.252 e. The van der Waals surface area contributed by atoms with Gasteiger partial charge in [-0.2, -0.15) is 0 Å². The van der Waals surface area contributed by atoms with Gasteiger partial charge in [0.15, 0.2) is 0 Å². The fraction of sp³-hybridized carbons (Fsp3) is 0.667. The van der Waals surface area contributed by atoms with Crippen LogP contribution < -0.4 is 15.5 Å². The summed E-state index contributed by atoms with van der Waals surface area (Å²) >= 11 is 0. The van der Waals surface area contributed by atoms with E-state index in [1.807, 2.05) is 12.1 Å². The molecule has 0 radical (unpaired) electrons. The van der Waals surface area contributed by atoms with Gasteiger partial charge in [0.05, 0.1) is 5.56 Å². The monoisotopic (exact) mass is 390 g/mol. The Morgan fingerprint density at radius 2 is 1.96 bits per heavy atom. The Labute approximate surface area is 164 Å². The minimum Gasteiger partial charge on any atom is -0.357 e. The van der Waals surface area contributed by atoms with Crippen LogP contribution in [-0.2, 0) is 0 Å². The summed E-state index contributed by atoms with van der Waals surface area (Å²) in [5.41, 5.74) is 0.841. The summed E-state index contributed by atoms with van der Waals surface area (Å²) in [4.78, 5) is 19.0. The largest absolute Gasteiger partial charge is 0.357 e. The van der Waals surface area contributed by atoms with Crippen molar-refractivity contribution in [1.82, 2.24) is 15.6 Å². The molecule has 1 aromatic heterocycles. The van der Waals surface area contributed by atoms with E-state index in [9.17, 15) is 4.79 Å². The lowest BCUT2D eigenvalue weighted by atomic mass is 9.81. The molecule has 1 aromatic rings. The molecule has 0 saturated carbocycles. The van der Waals surface area contributed by atoms with E-state index in [4.69, 9.17) is 0 Å². The van der Waals surface area contributed by atoms with Gasteiger partial charge >= 0.3 is 0 Å². The maximum atomic E-state index is 12.3. The topological polar surface area (TPSA) is 57.3 Å². The Morgan fingerprint density at radius 3 is 2.48 bits per heavy atom. The Bertz CT molecular complexity index is 504. The van der Waals surface area contributed by atoms with Crippen molar-refractivity contribution in [3.8, 4) is 0 Å². The van der Waals surface area contributed by atoms with E-state index < -0.39 is 0 Å². The van der Waals surface area contributed by atoms with Gasteiger partial charge in [0.25, 0.3) is 5.91 Å². The first-order valence-corrected chi connectivity index (χ1v) is 8.78. The predicted molar refractivity (Wildman–Crippen MR) is 109 cm³/mol. The van der Waals surface area contributed by atoms with E-state index in [0.717, 1.165) is 57.8 Å². The summed E-state index contributed by atoms with van der Waals surface area (Å²) < 4.78 is 0. The SMILES string of the molecule is CCCN(CC)c1ccc(C(=O)NCC2(C)CCNCC2)cn1.Cl.Cl. The quantitative estimate of drug-likeness (QED) is 0.749. The second-order valence-corrected chi connectivity index (χ2v) is 6.73. The first-order valence-electron chi connectivity index (χ1n) is 8.78. The number of aromatic nitrogens is 1. The van der Waals surface area contributed by atoms with Gasteiger partial charge in [-0.25, -0.2) is 4.98 Å². The predicted octanol–water partition coefficient (Wildman–Crippen LogP) is 3.28. The van der Waals surface area contributed by atoms with Crippen molar-refractivity contribution in [2.75, 3.05) is 37.6 Å². The number of carbonyl (C=O) groups excluding carboxylic acids is 1. The van der Waals surface area contributed by atoms with Gasteiger partial charge in [0.1, 0.15) is 5.82 Å². The highest BCUT2D eigenvalue weighted by Crippen LogP contribution is 2.26. The molecular weight excluding hydrogens is 359 g/mol. The number of nitrogens with zero attached hydrogens (tertiary/aromatic N) is 2. The zero-order valence-corrected chi connectivity index (χ0v) is 17.1. The van der Waals surface area contributed by atoms with Crippen molar-refractivity contribution in [1.29, 1.82) is 0 Å². The number of amides is 1. The molecule has 1 aliphatic rings. The Morgan fingerprint density at radius 1 is 1.28 bits per heavy atom. The first kappa shape index (κ1) is 24.0. The third-order valence-electron chi connectivity index (χ3n) is 4.70. The molecule has 2 N–H and O–H groups in total. The van der Waals surface area contributed by atoms with Crippen molar-refractivity contribution >= 4 is 36.5 Å². The fourth-order valence-electron chi connectivity index (χ4n) is 3.01. The second-order valence-electron chi connectivity index (χ2n) is 6.73. The van der Waals surface area contributed by atoms with E-state index in [2.05, 4.69) is 41.3 Å². The molecule has 0 aromatic carbocycles. The lowest BCUT2D eigenvalue weighted by Gasteiger charge is -2.34. The molecule has 1 fully saturated rings. The summed E-state index contributed by atoms with van der Waals surface area (Å²) in [5.74, 6) is 0.915. The molecule has 144 valence electrons. The average Bonchev–Trinajstić information content (AvgIpc) is 2.58. The van der Waals surface area contributed by atoms with Gasteiger partial charge in [-0.15, -0.1) is 24.8 Å². The van der Waals surface area contributed by atoms with Crippen LogP contribution in [-0.4, -0.2) is 43.6 Å². The average molecular weight is 391 g/mol. The van der Waals surface area contributed by atoms with Gasteiger partial charge in [-0.1, -0.05) is 13.8 Å². The van der Waals surface area contributed by atoms with Crippen molar-refractivity contribution in [3.63, 3.8) is 0 Å². The summed E-state index contributed by atoms with van der Waals surface area (Å²) in [6.45, 7) is 11.2. The summed E-state index contributed by atoms with van der Waals surface area (Å²) in [7, 11) is 0. The molecule has 1 saturated heterocycles. The Hall–Kier alpha value is -1.04. The van der Waals surface area contributed by atoms with Crippen LogP contribution in [0.25, 0.3) is 0 Å². The molecular formula is C18H32Cl2N4O. The first-order chi connectivity index (χ1) is 11.1. The van der Waals surface area contributed by atoms with Gasteiger partial charge in [0, 0.05) is 25.8 Å². The molecule has 5 nitrogen and oxygen atoms in total. The molecule has 1 aliphatic heterocycles. The van der Waals surface area contributed by atoms with Crippen LogP contribution in [0.3, 0.4) is 0 Å². The minimum atomic E-state index is -0.0256. The molecule has 0 bridgehead atoms. The van der Waals surface area contributed by atoms with Crippen LogP contribution >= 0.6 is 24.8 Å². The van der Waals surface area contributed by atoms with Crippen LogP contribution in [0.5, 0.6) is 0 Å². The number of pyridine rings is 1. The fourth-order valence-corrected chi connectivity index (χ4v) is 3.01. The number of anilines is 1. The third kappa shape index (κ3) is 7.00. The normalized spacial score (nSPS) is 15.5. The molecule has 2 rings (SSSR count). The number of nitrogens with one attached hydrogen (secondary N) is 2. The third-order valence-corrected chi connectivity index (χ3v) is 4.70. The van der Waals surface area contributed by atoms with Gasteiger partial charge in [-0.3, -0.25) is 4.79 Å². The molecule has 2 heterocycles. The van der Waals surface area contributed by atoms with E-state index in [0.29, 0.717) is 5.56 Å². The highest BCUT2D eigenvalue weighted by molar-refractivity contribution is 5.94. The highest BCUT2D eigenvalue weighted by Gasteiger charge is 2.27. The number of hydrogen-bond acceptors (Lipinski definition) is 4. The molecule has 7 heteroatoms. The molecule has 0 spiro atoms. The van der Waals surface area contributed by atoms with Crippen molar-refractivity contribution in [2.45, 2.75) is 40.0 Å². The van der Waals surface area contributed by atoms with E-state index in [1.54, 1.807) is 6.20 Å². The molecule has 0 unspecified atom stereocenters. The van der Waals surface area contributed by atoms with Gasteiger partial charge in [-0.05, 0) is 56.8 Å². The minimum absolute atomic E-state index is 0. The van der Waals surface area contributed by atoms with Gasteiger partial charge < -0.3 is 15.5 Å². The number of piperidine rings is 1. The second kappa shape index (κ2) is 11.6. The Kier molecular flexibility index (Phi) is 11.1. The van der Waals surface area contributed by atoms with Crippen LogP contribution in [0.1, 0.15) is 50.4 Å². The van der Waals surface area contributed by atoms with Crippen molar-refractivity contribution in [2.24, 2.45) is 5.41 Å². The van der Waals surface area contributed by atoms with Crippen LogP contribution in [0.15, 0.2) is 18.3 Å². The van der Waals surface area contributed by atoms with E-state index in [-0.39, 0.29) is 36.1 Å². The Balaban J connectivity index is 0.00000288. The van der Waals surface area contributed by atoms with Crippen molar-refractivity contribution in [3.05, 3.63) is 23.9 Å². The lowest BCUT2D eigenvalue weighted by molar-refractivity contribution is 0.0922. The molecule has 0 aliphatic carbocycles. The zero-order chi connectivity index (χ0) is 16.7.